The number of nitrogens with one attached hydrogen (secondary N) is 1. The zero-order chi connectivity index (χ0) is 29.7. The second kappa shape index (κ2) is 13.2. The van der Waals surface area contributed by atoms with Crippen LogP contribution < -0.4 is 10.1 Å². The Morgan fingerprint density at radius 3 is 2.25 bits per heavy atom. The first-order valence-electron chi connectivity index (χ1n) is 12.1. The maximum absolute atomic E-state index is 12.9. The molecule has 2 aromatic rings. The summed E-state index contributed by atoms with van der Waals surface area (Å²) >= 11 is 11.7. The summed E-state index contributed by atoms with van der Waals surface area (Å²) in [6, 6.07) is 9.60. The Morgan fingerprint density at radius 2 is 1.70 bits per heavy atom. The van der Waals surface area contributed by atoms with Crippen molar-refractivity contribution in [3.05, 3.63) is 57.6 Å². The number of likely N-dealkylation sites (N-methyl/N-ethyl adjacent to an activating group) is 1. The number of rotatable bonds is 11. The van der Waals surface area contributed by atoms with Crippen LogP contribution in [0.2, 0.25) is 10.0 Å². The van der Waals surface area contributed by atoms with E-state index in [4.69, 9.17) is 23.2 Å². The summed E-state index contributed by atoms with van der Waals surface area (Å²) in [5, 5.41) is 2.03. The number of ether oxygens (including phenoxy) is 1. The molecule has 1 aliphatic heterocycles. The van der Waals surface area contributed by atoms with Crippen molar-refractivity contribution in [1.29, 1.82) is 0 Å². The van der Waals surface area contributed by atoms with Crippen LogP contribution in [0.3, 0.4) is 0 Å². The predicted octanol–water partition coefficient (Wildman–Crippen LogP) is 3.91. The summed E-state index contributed by atoms with van der Waals surface area (Å²) in [4.78, 5) is 29.2. The van der Waals surface area contributed by atoms with Gasteiger partial charge in [0, 0.05) is 45.7 Å². The van der Waals surface area contributed by atoms with Gasteiger partial charge >= 0.3 is 12.1 Å². The Balaban J connectivity index is 1.50. The number of hydrogen-bond donors (Lipinski definition) is 1. The van der Waals surface area contributed by atoms with Gasteiger partial charge in [-0.15, -0.1) is 0 Å². The first-order valence-corrected chi connectivity index (χ1v) is 14.3. The number of sulfonamides is 1. The maximum atomic E-state index is 12.9. The highest BCUT2D eigenvalue weighted by Gasteiger charge is 2.42. The molecule has 1 heterocycles. The molecule has 0 radical (unpaired) electrons. The molecule has 0 aliphatic carbocycles. The quantitative estimate of drug-likeness (QED) is 0.301. The minimum atomic E-state index is -5.29. The van der Waals surface area contributed by atoms with Gasteiger partial charge < -0.3 is 15.0 Å². The standard InChI is InChI=1S/C25H27Cl2F3N4O5S/c1-33(13-9-16-5-7-17(8-6-16)23-31-10-11-32-23)21(35)4-3-12-34(2)40(37,38)18-14-19(26)22(20(27)15-18)39-24(36)25(28,29)30/h5-8,14-15H,3-4,9-13H2,1-2H3,(H,31,32). The van der Waals surface area contributed by atoms with Crippen LogP contribution in [-0.4, -0.2) is 81.8 Å². The van der Waals surface area contributed by atoms with E-state index in [2.05, 4.69) is 15.0 Å². The van der Waals surface area contributed by atoms with Crippen molar-refractivity contribution in [3.8, 4) is 5.75 Å². The van der Waals surface area contributed by atoms with Crippen molar-refractivity contribution in [3.63, 3.8) is 0 Å². The Labute approximate surface area is 239 Å². The van der Waals surface area contributed by atoms with E-state index in [1.807, 2.05) is 24.3 Å². The second-order valence-electron chi connectivity index (χ2n) is 8.95. The molecule has 0 atom stereocenters. The molecular formula is C25H27Cl2F3N4O5S. The van der Waals surface area contributed by atoms with E-state index in [-0.39, 0.29) is 25.3 Å². The van der Waals surface area contributed by atoms with E-state index in [1.165, 1.54) is 7.05 Å². The number of nitrogens with zero attached hydrogens (tertiary/aromatic N) is 3. The Hall–Kier alpha value is -2.87. The normalized spacial score (nSPS) is 13.7. The average molecular weight is 623 g/mol. The molecule has 218 valence electrons. The number of halogens is 5. The van der Waals surface area contributed by atoms with E-state index in [0.29, 0.717) is 13.0 Å². The van der Waals surface area contributed by atoms with Crippen LogP contribution in [0.4, 0.5) is 13.2 Å². The summed E-state index contributed by atoms with van der Waals surface area (Å²) in [7, 11) is -1.22. The molecule has 1 amide bonds. The number of carbonyl (C=O) groups excluding carboxylic acids is 2. The largest absolute Gasteiger partial charge is 0.491 e. The molecule has 40 heavy (non-hydrogen) atoms. The zero-order valence-electron chi connectivity index (χ0n) is 21.6. The molecule has 0 spiro atoms. The van der Waals surface area contributed by atoms with Gasteiger partial charge in [-0.25, -0.2) is 17.5 Å². The third kappa shape index (κ3) is 8.09. The summed E-state index contributed by atoms with van der Waals surface area (Å²) < 4.78 is 68.4. The zero-order valence-corrected chi connectivity index (χ0v) is 23.9. The first kappa shape index (κ1) is 31.7. The fourth-order valence-corrected chi connectivity index (χ4v) is 5.68. The lowest BCUT2D eigenvalue weighted by Gasteiger charge is -2.20. The Bertz CT molecular complexity index is 1360. The minimum absolute atomic E-state index is 0.0264. The molecule has 0 saturated carbocycles. The van der Waals surface area contributed by atoms with E-state index in [1.54, 1.807) is 11.9 Å². The second-order valence-corrected chi connectivity index (χ2v) is 11.8. The van der Waals surface area contributed by atoms with Gasteiger partial charge in [0.2, 0.25) is 15.9 Å². The summed E-state index contributed by atoms with van der Waals surface area (Å²) in [6.07, 6.45) is -4.34. The lowest BCUT2D eigenvalue weighted by Crippen LogP contribution is -2.31. The van der Waals surface area contributed by atoms with Crippen molar-refractivity contribution < 1.29 is 35.9 Å². The number of carbonyl (C=O) groups is 2. The van der Waals surface area contributed by atoms with Crippen molar-refractivity contribution in [1.82, 2.24) is 14.5 Å². The van der Waals surface area contributed by atoms with Crippen LogP contribution in [0.5, 0.6) is 5.75 Å². The number of aliphatic imine (C=N–C) groups is 1. The highest BCUT2D eigenvalue weighted by molar-refractivity contribution is 7.89. The molecule has 0 bridgehead atoms. The number of alkyl halides is 3. The maximum Gasteiger partial charge on any atom is 0.491 e. The highest BCUT2D eigenvalue weighted by Crippen LogP contribution is 2.37. The van der Waals surface area contributed by atoms with E-state index < -0.39 is 42.9 Å². The lowest BCUT2D eigenvalue weighted by molar-refractivity contribution is -0.189. The fourth-order valence-electron chi connectivity index (χ4n) is 3.72. The van der Waals surface area contributed by atoms with Crippen LogP contribution in [0, 0.1) is 0 Å². The van der Waals surface area contributed by atoms with Gasteiger partial charge in [-0.3, -0.25) is 9.79 Å². The average Bonchev–Trinajstić information content (AvgIpc) is 3.43. The summed E-state index contributed by atoms with van der Waals surface area (Å²) in [5.41, 5.74) is 2.07. The van der Waals surface area contributed by atoms with E-state index in [0.717, 1.165) is 46.5 Å². The fraction of sp³-hybridized carbons (Fsp3) is 0.400. The third-order valence-corrected chi connectivity index (χ3v) is 8.43. The highest BCUT2D eigenvalue weighted by atomic mass is 35.5. The van der Waals surface area contributed by atoms with E-state index >= 15 is 0 Å². The lowest BCUT2D eigenvalue weighted by atomic mass is 10.1. The molecule has 1 N–H and O–H groups in total. The summed E-state index contributed by atoms with van der Waals surface area (Å²) in [5.74, 6) is -2.64. The summed E-state index contributed by atoms with van der Waals surface area (Å²) in [6.45, 7) is 2.04. The molecule has 0 aromatic heterocycles. The van der Waals surface area contributed by atoms with Gasteiger partial charge in [0.15, 0.2) is 5.75 Å². The van der Waals surface area contributed by atoms with Crippen LogP contribution in [-0.2, 0) is 26.0 Å². The SMILES string of the molecule is CN(CCc1ccc(C2=NCCN2)cc1)C(=O)CCCN(C)S(=O)(=O)c1cc(Cl)c(OC(=O)C(F)(F)F)c(Cl)c1. The number of amidine groups is 1. The molecule has 3 rings (SSSR count). The molecule has 0 unspecified atom stereocenters. The van der Waals surface area contributed by atoms with Crippen molar-refractivity contribution in [2.24, 2.45) is 4.99 Å². The van der Waals surface area contributed by atoms with Crippen LogP contribution in [0.1, 0.15) is 24.0 Å². The van der Waals surface area contributed by atoms with Crippen molar-refractivity contribution >= 4 is 50.9 Å². The minimum Gasteiger partial charge on any atom is -0.417 e. The van der Waals surface area contributed by atoms with Gasteiger partial charge in [-0.2, -0.15) is 13.2 Å². The number of benzene rings is 2. The molecular weight excluding hydrogens is 596 g/mol. The van der Waals surface area contributed by atoms with Crippen molar-refractivity contribution in [2.75, 3.05) is 40.3 Å². The van der Waals surface area contributed by atoms with Crippen LogP contribution in [0.15, 0.2) is 46.3 Å². The number of amides is 1. The molecule has 0 saturated heterocycles. The molecule has 0 fully saturated rings. The number of hydrogen-bond acceptors (Lipinski definition) is 7. The van der Waals surface area contributed by atoms with E-state index in [9.17, 15) is 31.2 Å². The number of esters is 1. The van der Waals surface area contributed by atoms with Crippen molar-refractivity contribution in [2.45, 2.75) is 30.3 Å². The Morgan fingerprint density at radius 1 is 1.07 bits per heavy atom. The first-order chi connectivity index (χ1) is 18.7. The molecule has 9 nitrogen and oxygen atoms in total. The molecule has 2 aromatic carbocycles. The third-order valence-electron chi connectivity index (χ3n) is 6.03. The smallest absolute Gasteiger partial charge is 0.417 e. The Kier molecular flexibility index (Phi) is 10.4. The topological polar surface area (TPSA) is 108 Å². The van der Waals surface area contributed by atoms with Gasteiger partial charge in [-0.1, -0.05) is 47.5 Å². The van der Waals surface area contributed by atoms with Crippen LogP contribution >= 0.6 is 23.2 Å². The van der Waals surface area contributed by atoms with Crippen LogP contribution in [0.25, 0.3) is 0 Å². The van der Waals surface area contributed by atoms with Gasteiger partial charge in [0.05, 0.1) is 21.5 Å². The van der Waals surface area contributed by atoms with Gasteiger partial charge in [0.25, 0.3) is 0 Å². The van der Waals surface area contributed by atoms with Gasteiger partial charge in [0.1, 0.15) is 5.84 Å². The van der Waals surface area contributed by atoms with Gasteiger partial charge in [-0.05, 0) is 30.5 Å². The predicted molar refractivity (Wildman–Crippen MR) is 144 cm³/mol. The molecule has 1 aliphatic rings. The molecule has 15 heteroatoms. The monoisotopic (exact) mass is 622 g/mol.